The lowest BCUT2D eigenvalue weighted by atomic mass is 10.0. The van der Waals surface area contributed by atoms with Crippen molar-refractivity contribution in [1.82, 2.24) is 5.43 Å². The molecule has 1 heterocycles. The summed E-state index contributed by atoms with van der Waals surface area (Å²) in [5, 5.41) is 15.5. The van der Waals surface area contributed by atoms with Gasteiger partial charge in [0.25, 0.3) is 0 Å². The van der Waals surface area contributed by atoms with Crippen molar-refractivity contribution in [2.45, 2.75) is 25.0 Å². The zero-order valence-corrected chi connectivity index (χ0v) is 13.4. The van der Waals surface area contributed by atoms with Gasteiger partial charge in [0.05, 0.1) is 14.9 Å². The fraction of sp³-hybridized carbons (Fsp3) is 0.308. The van der Waals surface area contributed by atoms with Gasteiger partial charge >= 0.3 is 0 Å². The Labute approximate surface area is 132 Å². The highest BCUT2D eigenvalue weighted by Crippen LogP contribution is 2.37. The van der Waals surface area contributed by atoms with Crippen LogP contribution in [0, 0.1) is 5.92 Å². The van der Waals surface area contributed by atoms with Gasteiger partial charge in [-0.25, -0.2) is 0 Å². The molecule has 1 atom stereocenters. The van der Waals surface area contributed by atoms with Crippen molar-refractivity contribution in [1.29, 1.82) is 0 Å². The molecule has 108 valence electrons. The normalized spacial score (nSPS) is 18.6. The SMILES string of the molecule is CC(C)C1=CC(Sc2c(Cl)cc(N)cc2Cl)=NNC1O. The summed E-state index contributed by atoms with van der Waals surface area (Å²) < 4.78 is 0. The number of hydrogen-bond acceptors (Lipinski definition) is 5. The number of halogens is 2. The molecule has 0 spiro atoms. The number of nitrogens with one attached hydrogen (secondary N) is 1. The van der Waals surface area contributed by atoms with Crippen LogP contribution in [0.4, 0.5) is 5.69 Å². The van der Waals surface area contributed by atoms with Gasteiger partial charge in [-0.15, -0.1) is 0 Å². The second kappa shape index (κ2) is 6.26. The minimum atomic E-state index is -0.753. The lowest BCUT2D eigenvalue weighted by Gasteiger charge is -2.22. The fourth-order valence-corrected chi connectivity index (χ4v) is 3.32. The van der Waals surface area contributed by atoms with E-state index in [1.54, 1.807) is 12.1 Å². The highest BCUT2D eigenvalue weighted by molar-refractivity contribution is 8.14. The molecule has 1 aromatic carbocycles. The summed E-state index contributed by atoms with van der Waals surface area (Å²) in [7, 11) is 0. The summed E-state index contributed by atoms with van der Waals surface area (Å²) in [6.07, 6.45) is 1.09. The molecule has 4 N–H and O–H groups in total. The van der Waals surface area contributed by atoms with Crippen LogP contribution in [0.3, 0.4) is 0 Å². The first-order chi connectivity index (χ1) is 9.38. The van der Waals surface area contributed by atoms with Crippen LogP contribution in [0.1, 0.15) is 13.8 Å². The Kier molecular flexibility index (Phi) is 4.86. The van der Waals surface area contributed by atoms with Crippen molar-refractivity contribution in [3.05, 3.63) is 33.8 Å². The first kappa shape index (κ1) is 15.5. The van der Waals surface area contributed by atoms with E-state index in [4.69, 9.17) is 28.9 Å². The second-order valence-electron chi connectivity index (χ2n) is 4.70. The molecule has 0 aromatic heterocycles. The van der Waals surface area contributed by atoms with E-state index in [0.29, 0.717) is 25.7 Å². The van der Waals surface area contributed by atoms with Crippen LogP contribution in [-0.4, -0.2) is 16.4 Å². The fourth-order valence-electron chi connectivity index (χ4n) is 1.77. The average molecular weight is 332 g/mol. The maximum Gasteiger partial charge on any atom is 0.162 e. The van der Waals surface area contributed by atoms with E-state index in [1.807, 2.05) is 19.9 Å². The molecule has 2 rings (SSSR count). The Morgan fingerprint density at radius 1 is 1.35 bits per heavy atom. The molecule has 1 aliphatic rings. The number of nitrogen functional groups attached to an aromatic ring is 1. The van der Waals surface area contributed by atoms with Gasteiger partial charge in [0, 0.05) is 5.69 Å². The average Bonchev–Trinajstić information content (AvgIpc) is 2.35. The van der Waals surface area contributed by atoms with Crippen LogP contribution < -0.4 is 11.2 Å². The third-order valence-corrected chi connectivity index (χ3v) is 4.68. The Balaban J connectivity index is 2.28. The topological polar surface area (TPSA) is 70.6 Å². The molecule has 4 nitrogen and oxygen atoms in total. The molecule has 0 amide bonds. The van der Waals surface area contributed by atoms with Gasteiger partial charge in [-0.2, -0.15) is 5.10 Å². The number of rotatable bonds is 2. The molecule has 1 aromatic rings. The van der Waals surface area contributed by atoms with E-state index in [1.165, 1.54) is 11.8 Å². The maximum atomic E-state index is 9.80. The van der Waals surface area contributed by atoms with Crippen LogP contribution in [0.2, 0.25) is 10.0 Å². The Bertz CT molecular complexity index is 564. The van der Waals surface area contributed by atoms with Crippen molar-refractivity contribution >= 4 is 45.7 Å². The maximum absolute atomic E-state index is 9.80. The number of aliphatic hydroxyl groups is 1. The van der Waals surface area contributed by atoms with Crippen molar-refractivity contribution in [2.24, 2.45) is 11.0 Å². The minimum absolute atomic E-state index is 0.209. The number of nitrogens with zero attached hydrogens (tertiary/aromatic N) is 1. The molecule has 0 bridgehead atoms. The quantitative estimate of drug-likeness (QED) is 0.725. The molecular weight excluding hydrogens is 317 g/mol. The second-order valence-corrected chi connectivity index (χ2v) is 6.54. The molecule has 20 heavy (non-hydrogen) atoms. The van der Waals surface area contributed by atoms with E-state index < -0.39 is 6.23 Å². The molecule has 0 radical (unpaired) electrons. The van der Waals surface area contributed by atoms with Crippen molar-refractivity contribution in [3.8, 4) is 0 Å². The lowest BCUT2D eigenvalue weighted by molar-refractivity contribution is 0.163. The smallest absolute Gasteiger partial charge is 0.162 e. The number of aliphatic hydroxyl groups excluding tert-OH is 1. The number of nitrogens with two attached hydrogens (primary N) is 1. The standard InChI is InChI=1S/C13H15Cl2N3OS/c1-6(2)8-5-11(17-18-13(8)19)20-12-9(14)3-7(16)4-10(12)15/h3-6,13,18-19H,16H2,1-2H3. The first-order valence-corrected chi connectivity index (χ1v) is 7.61. The van der Waals surface area contributed by atoms with Crippen molar-refractivity contribution in [3.63, 3.8) is 0 Å². The highest BCUT2D eigenvalue weighted by atomic mass is 35.5. The summed E-state index contributed by atoms with van der Waals surface area (Å²) in [6, 6.07) is 3.29. The van der Waals surface area contributed by atoms with E-state index in [-0.39, 0.29) is 5.92 Å². The van der Waals surface area contributed by atoms with Gasteiger partial charge in [0.2, 0.25) is 0 Å². The predicted molar refractivity (Wildman–Crippen MR) is 86.2 cm³/mol. The predicted octanol–water partition coefficient (Wildman–Crippen LogP) is 3.49. The number of thioether (sulfide) groups is 1. The number of benzene rings is 1. The Morgan fingerprint density at radius 2 is 1.95 bits per heavy atom. The number of hydrogen-bond donors (Lipinski definition) is 3. The van der Waals surface area contributed by atoms with Crippen LogP contribution in [0.25, 0.3) is 0 Å². The van der Waals surface area contributed by atoms with Crippen molar-refractivity contribution < 1.29 is 5.11 Å². The van der Waals surface area contributed by atoms with Gasteiger partial charge in [0.15, 0.2) is 6.23 Å². The molecule has 1 unspecified atom stereocenters. The molecule has 0 saturated carbocycles. The van der Waals surface area contributed by atoms with Gasteiger partial charge < -0.3 is 10.8 Å². The molecule has 1 aliphatic heterocycles. The first-order valence-electron chi connectivity index (χ1n) is 6.03. The largest absolute Gasteiger partial charge is 0.399 e. The van der Waals surface area contributed by atoms with Gasteiger partial charge in [-0.1, -0.05) is 48.8 Å². The summed E-state index contributed by atoms with van der Waals surface area (Å²) >= 11 is 13.6. The monoisotopic (exact) mass is 331 g/mol. The third-order valence-electron chi connectivity index (χ3n) is 2.80. The summed E-state index contributed by atoms with van der Waals surface area (Å²) in [6.45, 7) is 4.01. The summed E-state index contributed by atoms with van der Waals surface area (Å²) in [5.74, 6) is 0.209. The van der Waals surface area contributed by atoms with Gasteiger partial charge in [0.1, 0.15) is 5.04 Å². The zero-order valence-electron chi connectivity index (χ0n) is 11.0. The Morgan fingerprint density at radius 3 is 2.50 bits per heavy atom. The van der Waals surface area contributed by atoms with Crippen molar-refractivity contribution in [2.75, 3.05) is 5.73 Å². The van der Waals surface area contributed by atoms with Gasteiger partial charge in [-0.3, -0.25) is 5.43 Å². The van der Waals surface area contributed by atoms with Crippen LogP contribution in [0.5, 0.6) is 0 Å². The molecular formula is C13H15Cl2N3OS. The van der Waals surface area contributed by atoms with Crippen LogP contribution in [-0.2, 0) is 0 Å². The molecule has 0 fully saturated rings. The van der Waals surface area contributed by atoms with E-state index in [0.717, 1.165) is 5.57 Å². The molecule has 0 aliphatic carbocycles. The summed E-state index contributed by atoms with van der Waals surface area (Å²) in [4.78, 5) is 0.693. The van der Waals surface area contributed by atoms with Crippen LogP contribution in [0.15, 0.2) is 33.8 Å². The number of hydrazone groups is 1. The zero-order chi connectivity index (χ0) is 14.9. The Hall–Kier alpha value is -0.880. The van der Waals surface area contributed by atoms with Gasteiger partial charge in [-0.05, 0) is 29.7 Å². The number of anilines is 1. The lowest BCUT2D eigenvalue weighted by Crippen LogP contribution is -2.32. The van der Waals surface area contributed by atoms with E-state index >= 15 is 0 Å². The van der Waals surface area contributed by atoms with Crippen LogP contribution >= 0.6 is 35.0 Å². The van der Waals surface area contributed by atoms with E-state index in [2.05, 4.69) is 10.5 Å². The summed E-state index contributed by atoms with van der Waals surface area (Å²) in [5.41, 5.74) is 9.73. The molecule has 0 saturated heterocycles. The molecule has 7 heteroatoms. The minimum Gasteiger partial charge on any atom is -0.399 e. The highest BCUT2D eigenvalue weighted by Gasteiger charge is 2.20. The third kappa shape index (κ3) is 3.41. The van der Waals surface area contributed by atoms with E-state index in [9.17, 15) is 5.11 Å².